The van der Waals surface area contributed by atoms with Crippen molar-refractivity contribution in [1.82, 2.24) is 0 Å². The van der Waals surface area contributed by atoms with Crippen LogP contribution in [0.5, 0.6) is 0 Å². The molecule has 2 aromatic rings. The summed E-state index contributed by atoms with van der Waals surface area (Å²) in [6.45, 7) is 8.99. The number of hydrogen-bond acceptors (Lipinski definition) is 3. The van der Waals surface area contributed by atoms with E-state index in [4.69, 9.17) is 9.15 Å². The first-order valence-electron chi connectivity index (χ1n) is 7.53. The lowest BCUT2D eigenvalue weighted by molar-refractivity contribution is -0.928. The van der Waals surface area contributed by atoms with Gasteiger partial charge in [0.05, 0.1) is 0 Å². The van der Waals surface area contributed by atoms with Crippen LogP contribution in [0.2, 0.25) is 0 Å². The van der Waals surface area contributed by atoms with Crippen LogP contribution in [0.25, 0.3) is 11.0 Å². The van der Waals surface area contributed by atoms with Gasteiger partial charge in [0, 0.05) is 17.0 Å². The number of aryl methyl sites for hydroxylation is 1. The van der Waals surface area contributed by atoms with Crippen LogP contribution in [-0.4, -0.2) is 25.3 Å². The van der Waals surface area contributed by atoms with E-state index in [1.807, 2.05) is 13.0 Å². The molecule has 1 aromatic heterocycles. The molecule has 0 amide bonds. The number of quaternary nitrogens is 1. The lowest BCUT2D eigenvalue weighted by atomic mass is 10.1. The van der Waals surface area contributed by atoms with Crippen LogP contribution in [0.3, 0.4) is 0 Å². The van der Waals surface area contributed by atoms with E-state index < -0.39 is 0 Å². The van der Waals surface area contributed by atoms with Gasteiger partial charge < -0.3 is 14.1 Å². The molecule has 1 fully saturated rings. The Balaban J connectivity index is 1.95. The lowest BCUT2D eigenvalue weighted by Crippen LogP contribution is -3.14. The third-order valence-electron chi connectivity index (χ3n) is 4.04. The highest BCUT2D eigenvalue weighted by molar-refractivity contribution is 5.80. The van der Waals surface area contributed by atoms with Gasteiger partial charge in [-0.15, -0.1) is 0 Å². The Labute approximate surface area is 124 Å². The first-order valence-corrected chi connectivity index (χ1v) is 7.53. The molecular weight excluding hydrogens is 266 g/mol. The van der Waals surface area contributed by atoms with Gasteiger partial charge in [-0.2, -0.15) is 0 Å². The zero-order valence-electron chi connectivity index (χ0n) is 12.8. The number of hydrogen-bond donors (Lipinski definition) is 1. The zero-order valence-corrected chi connectivity index (χ0v) is 12.8. The number of fused-ring (bicyclic) bond motifs is 1. The van der Waals surface area contributed by atoms with Crippen molar-refractivity contribution in [1.29, 1.82) is 0 Å². The van der Waals surface area contributed by atoms with E-state index in [-0.39, 0.29) is 17.8 Å². The maximum absolute atomic E-state index is 11.8. The molecule has 4 heteroatoms. The van der Waals surface area contributed by atoms with E-state index in [0.717, 1.165) is 36.1 Å². The minimum atomic E-state index is -0.267. The molecule has 1 aromatic carbocycles. The van der Waals surface area contributed by atoms with E-state index >= 15 is 0 Å². The standard InChI is InChI=1S/C17H21NO3/c1-11-4-5-15-14(7-17(19)21-16(15)6-11)10-18-8-12(2)20-13(3)9-18/h4-7,12-13H,8-10H2,1-3H3/p+1/t12-,13-/m1/s1. The van der Waals surface area contributed by atoms with Crippen molar-refractivity contribution < 1.29 is 14.1 Å². The smallest absolute Gasteiger partial charge is 0.336 e. The van der Waals surface area contributed by atoms with Gasteiger partial charge in [0.2, 0.25) is 0 Å². The normalized spacial score (nSPS) is 26.1. The fourth-order valence-corrected chi connectivity index (χ4v) is 3.29. The molecule has 1 aliphatic rings. The lowest BCUT2D eigenvalue weighted by Gasteiger charge is -2.32. The second-order valence-electron chi connectivity index (χ2n) is 6.18. The second-order valence-corrected chi connectivity index (χ2v) is 6.18. The van der Waals surface area contributed by atoms with E-state index in [1.165, 1.54) is 4.90 Å². The molecule has 0 radical (unpaired) electrons. The van der Waals surface area contributed by atoms with Crippen molar-refractivity contribution in [3.63, 3.8) is 0 Å². The highest BCUT2D eigenvalue weighted by Gasteiger charge is 2.26. The predicted octanol–water partition coefficient (Wildman–Crippen LogP) is 1.29. The molecule has 0 aliphatic carbocycles. The quantitative estimate of drug-likeness (QED) is 0.847. The molecule has 0 bridgehead atoms. The summed E-state index contributed by atoms with van der Waals surface area (Å²) in [7, 11) is 0. The Morgan fingerprint density at radius 2 is 1.90 bits per heavy atom. The first kappa shape index (κ1) is 14.3. The van der Waals surface area contributed by atoms with Crippen molar-refractivity contribution >= 4 is 11.0 Å². The number of ether oxygens (including phenoxy) is 1. The summed E-state index contributed by atoms with van der Waals surface area (Å²) in [4.78, 5) is 13.2. The molecule has 0 spiro atoms. The fraction of sp³-hybridized carbons (Fsp3) is 0.471. The largest absolute Gasteiger partial charge is 0.423 e. The molecular formula is C17H22NO3+. The monoisotopic (exact) mass is 288 g/mol. The van der Waals surface area contributed by atoms with Gasteiger partial charge in [0.15, 0.2) is 0 Å². The summed E-state index contributed by atoms with van der Waals surface area (Å²) in [6, 6.07) is 7.68. The summed E-state index contributed by atoms with van der Waals surface area (Å²) in [6.07, 6.45) is 0.523. The van der Waals surface area contributed by atoms with Crippen LogP contribution < -0.4 is 10.5 Å². The van der Waals surface area contributed by atoms with E-state index in [1.54, 1.807) is 6.07 Å². The highest BCUT2D eigenvalue weighted by atomic mass is 16.5. The zero-order chi connectivity index (χ0) is 15.0. The van der Waals surface area contributed by atoms with Gasteiger partial charge in [-0.1, -0.05) is 12.1 Å². The summed E-state index contributed by atoms with van der Waals surface area (Å²) < 4.78 is 11.1. The Kier molecular flexibility index (Phi) is 3.83. The van der Waals surface area contributed by atoms with Gasteiger partial charge in [-0.3, -0.25) is 0 Å². The number of nitrogens with one attached hydrogen (secondary N) is 1. The molecule has 4 nitrogen and oxygen atoms in total. The van der Waals surface area contributed by atoms with Crippen molar-refractivity contribution in [2.75, 3.05) is 13.1 Å². The van der Waals surface area contributed by atoms with Crippen LogP contribution in [-0.2, 0) is 11.3 Å². The number of benzene rings is 1. The van der Waals surface area contributed by atoms with Crippen LogP contribution in [0.15, 0.2) is 33.5 Å². The summed E-state index contributed by atoms with van der Waals surface area (Å²) in [5.74, 6) is 0. The van der Waals surface area contributed by atoms with Crippen molar-refractivity contribution in [2.24, 2.45) is 0 Å². The Morgan fingerprint density at radius 3 is 2.62 bits per heavy atom. The van der Waals surface area contributed by atoms with Gasteiger partial charge in [0.25, 0.3) is 0 Å². The third kappa shape index (κ3) is 3.17. The number of morpholine rings is 1. The van der Waals surface area contributed by atoms with Gasteiger partial charge >= 0.3 is 5.63 Å². The van der Waals surface area contributed by atoms with Gasteiger partial charge in [-0.05, 0) is 32.4 Å². The maximum Gasteiger partial charge on any atom is 0.336 e. The molecule has 2 heterocycles. The molecule has 0 unspecified atom stereocenters. The first-order chi connectivity index (χ1) is 10.0. The molecule has 1 N–H and O–H groups in total. The van der Waals surface area contributed by atoms with Crippen LogP contribution in [0, 0.1) is 6.92 Å². The van der Waals surface area contributed by atoms with E-state index in [9.17, 15) is 4.79 Å². The third-order valence-corrected chi connectivity index (χ3v) is 4.04. The topological polar surface area (TPSA) is 43.9 Å². The minimum Gasteiger partial charge on any atom is -0.423 e. The maximum atomic E-state index is 11.8. The molecule has 1 saturated heterocycles. The Hall–Kier alpha value is -1.65. The van der Waals surface area contributed by atoms with E-state index in [0.29, 0.717) is 5.58 Å². The second kappa shape index (κ2) is 5.62. The average Bonchev–Trinajstić information content (AvgIpc) is 2.36. The van der Waals surface area contributed by atoms with Crippen molar-refractivity contribution in [2.45, 2.75) is 39.5 Å². The molecule has 3 rings (SSSR count). The van der Waals surface area contributed by atoms with Crippen LogP contribution >= 0.6 is 0 Å². The Bertz CT molecular complexity index is 697. The molecule has 2 atom stereocenters. The van der Waals surface area contributed by atoms with E-state index in [2.05, 4.69) is 26.0 Å². The summed E-state index contributed by atoms with van der Waals surface area (Å²) in [5.41, 5.74) is 2.59. The molecule has 112 valence electrons. The van der Waals surface area contributed by atoms with Crippen LogP contribution in [0.1, 0.15) is 25.0 Å². The molecule has 1 aliphatic heterocycles. The van der Waals surface area contributed by atoms with Crippen LogP contribution in [0.4, 0.5) is 0 Å². The van der Waals surface area contributed by atoms with Crippen molar-refractivity contribution in [3.8, 4) is 0 Å². The molecule has 21 heavy (non-hydrogen) atoms. The van der Waals surface area contributed by atoms with Crippen molar-refractivity contribution in [3.05, 3.63) is 45.8 Å². The minimum absolute atomic E-state index is 0.261. The molecule has 0 saturated carbocycles. The number of rotatable bonds is 2. The van der Waals surface area contributed by atoms with Gasteiger partial charge in [0.1, 0.15) is 37.4 Å². The fourth-order valence-electron chi connectivity index (χ4n) is 3.29. The SMILES string of the molecule is Cc1ccc2c(C[NH+]3C[C@@H](C)O[C@H](C)C3)cc(=O)oc2c1. The average molecular weight is 288 g/mol. The van der Waals surface area contributed by atoms with Gasteiger partial charge in [-0.25, -0.2) is 4.79 Å². The predicted molar refractivity (Wildman–Crippen MR) is 81.6 cm³/mol. The summed E-state index contributed by atoms with van der Waals surface area (Å²) >= 11 is 0. The Morgan fingerprint density at radius 1 is 1.19 bits per heavy atom. The highest BCUT2D eigenvalue weighted by Crippen LogP contribution is 2.18. The summed E-state index contributed by atoms with van der Waals surface area (Å²) in [5, 5.41) is 1.04.